The number of hydrogen-bond acceptors (Lipinski definition) is 8. The fraction of sp³-hybridized carbons (Fsp3) is 0.261. The van der Waals surface area contributed by atoms with E-state index in [9.17, 15) is 4.79 Å². The summed E-state index contributed by atoms with van der Waals surface area (Å²) in [5.74, 6) is 0.662. The Kier molecular flexibility index (Phi) is 5.74. The summed E-state index contributed by atoms with van der Waals surface area (Å²) < 4.78 is 5.96. The van der Waals surface area contributed by atoms with Crippen LogP contribution in [0.15, 0.2) is 54.7 Å². The van der Waals surface area contributed by atoms with Crippen LogP contribution in [0.1, 0.15) is 34.1 Å². The van der Waals surface area contributed by atoms with Gasteiger partial charge in [-0.15, -0.1) is 10.2 Å². The molecule has 4 heterocycles. The first kappa shape index (κ1) is 20.5. The van der Waals surface area contributed by atoms with Crippen LogP contribution in [0.25, 0.3) is 10.9 Å². The Morgan fingerprint density at radius 1 is 1.22 bits per heavy atom. The lowest BCUT2D eigenvalue weighted by Crippen LogP contribution is -2.42. The van der Waals surface area contributed by atoms with Crippen molar-refractivity contribution in [2.24, 2.45) is 0 Å². The third-order valence-electron chi connectivity index (χ3n) is 5.31. The van der Waals surface area contributed by atoms with Crippen LogP contribution in [0.5, 0.6) is 0 Å². The molecule has 1 aromatic carbocycles. The second-order valence-electron chi connectivity index (χ2n) is 7.45. The van der Waals surface area contributed by atoms with Crippen LogP contribution in [-0.2, 0) is 11.2 Å². The molecule has 162 valence electrons. The number of nitrogens with one attached hydrogen (secondary N) is 1. The number of pyridine rings is 2. The Balaban J connectivity index is 1.31. The van der Waals surface area contributed by atoms with Crippen molar-refractivity contribution in [2.45, 2.75) is 19.4 Å². The van der Waals surface area contributed by atoms with Gasteiger partial charge in [0.25, 0.3) is 5.91 Å². The molecule has 1 aliphatic rings. The molecule has 4 aromatic rings. The number of carbonyl (C=O) groups excluding carboxylic acids is 1. The Hall–Kier alpha value is -3.43. The number of nitrogens with zero attached hydrogens (tertiary/aromatic N) is 5. The van der Waals surface area contributed by atoms with Crippen LogP contribution in [0.2, 0.25) is 0 Å². The average molecular weight is 447 g/mol. The number of aryl methyl sites for hydroxylation is 1. The first-order valence-corrected chi connectivity index (χ1v) is 11.3. The maximum Gasteiger partial charge on any atom is 0.254 e. The smallest absolute Gasteiger partial charge is 0.254 e. The van der Waals surface area contributed by atoms with Crippen molar-refractivity contribution in [2.75, 3.05) is 25.0 Å². The monoisotopic (exact) mass is 446 g/mol. The number of amides is 1. The molecule has 0 aliphatic carbocycles. The van der Waals surface area contributed by atoms with Gasteiger partial charge in [0.1, 0.15) is 16.9 Å². The van der Waals surface area contributed by atoms with E-state index in [1.165, 1.54) is 11.3 Å². The number of fused-ring (bicyclic) bond motifs is 1. The Labute approximate surface area is 189 Å². The summed E-state index contributed by atoms with van der Waals surface area (Å²) in [6.07, 6.45) is 2.30. The summed E-state index contributed by atoms with van der Waals surface area (Å²) in [5, 5.41) is 14.1. The molecular weight excluding hydrogens is 424 g/mol. The summed E-state index contributed by atoms with van der Waals surface area (Å²) in [6.45, 7) is 3.49. The van der Waals surface area contributed by atoms with Crippen LogP contribution >= 0.6 is 11.3 Å². The molecule has 0 radical (unpaired) electrons. The maximum atomic E-state index is 13.2. The molecule has 32 heavy (non-hydrogen) atoms. The summed E-state index contributed by atoms with van der Waals surface area (Å²) in [4.78, 5) is 24.0. The minimum atomic E-state index is -0.294. The molecule has 0 bridgehead atoms. The highest BCUT2D eigenvalue weighted by Gasteiger charge is 2.27. The van der Waals surface area contributed by atoms with Crippen molar-refractivity contribution < 1.29 is 9.53 Å². The second kappa shape index (κ2) is 8.97. The lowest BCUT2D eigenvalue weighted by atomic mass is 10.1. The average Bonchev–Trinajstić information content (AvgIpc) is 3.31. The minimum absolute atomic E-state index is 0.0145. The zero-order valence-electron chi connectivity index (χ0n) is 17.6. The van der Waals surface area contributed by atoms with Gasteiger partial charge in [0.05, 0.1) is 24.4 Å². The van der Waals surface area contributed by atoms with E-state index in [-0.39, 0.29) is 12.0 Å². The normalized spacial score (nSPS) is 16.3. The lowest BCUT2D eigenvalue weighted by Gasteiger charge is -2.33. The molecule has 1 amide bonds. The number of anilines is 2. The van der Waals surface area contributed by atoms with Crippen LogP contribution in [-0.4, -0.2) is 50.7 Å². The molecular formula is C23H22N6O2S. The Morgan fingerprint density at radius 2 is 2.16 bits per heavy atom. The van der Waals surface area contributed by atoms with Gasteiger partial charge >= 0.3 is 0 Å². The van der Waals surface area contributed by atoms with Crippen molar-refractivity contribution in [3.63, 3.8) is 0 Å². The van der Waals surface area contributed by atoms with E-state index in [1.54, 1.807) is 6.20 Å². The fourth-order valence-electron chi connectivity index (χ4n) is 3.66. The van der Waals surface area contributed by atoms with Gasteiger partial charge in [-0.1, -0.05) is 30.4 Å². The van der Waals surface area contributed by atoms with E-state index in [1.807, 2.05) is 60.4 Å². The largest absolute Gasteiger partial charge is 0.368 e. The van der Waals surface area contributed by atoms with Crippen molar-refractivity contribution in [3.8, 4) is 0 Å². The summed E-state index contributed by atoms with van der Waals surface area (Å²) in [6, 6.07) is 15.2. The highest BCUT2D eigenvalue weighted by molar-refractivity contribution is 7.15. The van der Waals surface area contributed by atoms with E-state index < -0.39 is 0 Å². The second-order valence-corrected chi connectivity index (χ2v) is 8.51. The van der Waals surface area contributed by atoms with Crippen molar-refractivity contribution in [3.05, 3.63) is 71.0 Å². The number of rotatable bonds is 5. The van der Waals surface area contributed by atoms with E-state index in [2.05, 4.69) is 20.5 Å². The quantitative estimate of drug-likeness (QED) is 0.495. The molecule has 8 nitrogen and oxygen atoms in total. The first-order chi connectivity index (χ1) is 15.7. The third-order valence-corrected chi connectivity index (χ3v) is 6.29. The molecule has 1 N–H and O–H groups in total. The highest BCUT2D eigenvalue weighted by Crippen LogP contribution is 2.25. The standard InChI is InChI=1S/C23H22N6O2S/c1-2-21-27-28-23(32-21)26-20-7-3-6-18(25-20)19-14-29(11-12-31-19)22(30)16-8-9-17-15(13-16)5-4-10-24-17/h3-10,13,19H,2,11-12,14H2,1H3,(H,25,26,28)/t19-/m1/s1. The van der Waals surface area contributed by atoms with Crippen LogP contribution in [0, 0.1) is 0 Å². The molecule has 5 rings (SSSR count). The molecule has 1 aliphatic heterocycles. The Bertz CT molecular complexity index is 1260. The maximum absolute atomic E-state index is 13.2. The first-order valence-electron chi connectivity index (χ1n) is 10.5. The van der Waals surface area contributed by atoms with Gasteiger partial charge in [0, 0.05) is 23.7 Å². The predicted molar refractivity (Wildman–Crippen MR) is 123 cm³/mol. The van der Waals surface area contributed by atoms with Crippen molar-refractivity contribution >= 4 is 39.1 Å². The van der Waals surface area contributed by atoms with Crippen LogP contribution in [0.3, 0.4) is 0 Å². The molecule has 1 saturated heterocycles. The zero-order valence-corrected chi connectivity index (χ0v) is 18.4. The summed E-state index contributed by atoms with van der Waals surface area (Å²) in [7, 11) is 0. The fourth-order valence-corrected chi connectivity index (χ4v) is 4.35. The van der Waals surface area contributed by atoms with E-state index >= 15 is 0 Å². The summed E-state index contributed by atoms with van der Waals surface area (Å²) in [5.41, 5.74) is 2.30. The molecule has 0 spiro atoms. The molecule has 1 fully saturated rings. The molecule has 3 aromatic heterocycles. The van der Waals surface area contributed by atoms with Crippen LogP contribution < -0.4 is 5.32 Å². The topological polar surface area (TPSA) is 93.1 Å². The SMILES string of the molecule is CCc1nnc(Nc2cccc([C@H]3CN(C(=O)c4ccc5ncccc5c4)CCO3)n2)s1. The van der Waals surface area contributed by atoms with Crippen LogP contribution in [0.4, 0.5) is 10.9 Å². The number of morpholine rings is 1. The van der Waals surface area contributed by atoms with Gasteiger partial charge in [-0.2, -0.15) is 0 Å². The molecule has 0 unspecified atom stereocenters. The van der Waals surface area contributed by atoms with Gasteiger partial charge in [0.2, 0.25) is 5.13 Å². The van der Waals surface area contributed by atoms with Crippen molar-refractivity contribution in [1.29, 1.82) is 0 Å². The predicted octanol–water partition coefficient (Wildman–Crippen LogP) is 4.00. The zero-order chi connectivity index (χ0) is 21.9. The van der Waals surface area contributed by atoms with Gasteiger partial charge in [-0.05, 0) is 42.8 Å². The molecule has 9 heteroatoms. The lowest BCUT2D eigenvalue weighted by molar-refractivity contribution is -0.0246. The minimum Gasteiger partial charge on any atom is -0.368 e. The van der Waals surface area contributed by atoms with E-state index in [0.29, 0.717) is 36.2 Å². The number of hydrogen-bond donors (Lipinski definition) is 1. The Morgan fingerprint density at radius 3 is 3.03 bits per heavy atom. The highest BCUT2D eigenvalue weighted by atomic mass is 32.1. The number of benzene rings is 1. The molecule has 0 saturated carbocycles. The van der Waals surface area contributed by atoms with Crippen molar-refractivity contribution in [1.82, 2.24) is 25.1 Å². The van der Waals surface area contributed by atoms with E-state index in [4.69, 9.17) is 9.72 Å². The summed E-state index contributed by atoms with van der Waals surface area (Å²) >= 11 is 1.51. The number of carbonyl (C=O) groups is 1. The van der Waals surface area contributed by atoms with E-state index in [0.717, 1.165) is 28.0 Å². The van der Waals surface area contributed by atoms with Gasteiger partial charge in [-0.25, -0.2) is 4.98 Å². The number of ether oxygens (including phenoxy) is 1. The van der Waals surface area contributed by atoms with Gasteiger partial charge in [-0.3, -0.25) is 9.78 Å². The van der Waals surface area contributed by atoms with Gasteiger partial charge in [0.15, 0.2) is 0 Å². The number of aromatic nitrogens is 4. The third kappa shape index (κ3) is 4.30. The van der Waals surface area contributed by atoms with Gasteiger partial charge < -0.3 is 15.0 Å². The molecule has 1 atom stereocenters.